The fourth-order valence-corrected chi connectivity index (χ4v) is 1.78. The Kier molecular flexibility index (Phi) is 3.43. The predicted molar refractivity (Wildman–Crippen MR) is 50.8 cm³/mol. The van der Waals surface area contributed by atoms with Crippen molar-refractivity contribution < 1.29 is 0 Å². The zero-order valence-corrected chi connectivity index (χ0v) is 7.77. The molecule has 0 aromatic carbocycles. The summed E-state index contributed by atoms with van der Waals surface area (Å²) in [7, 11) is 0. The van der Waals surface area contributed by atoms with Crippen LogP contribution in [0.3, 0.4) is 0 Å². The first-order valence-electron chi connectivity index (χ1n) is 3.82. The first-order valence-corrected chi connectivity index (χ1v) is 5.11. The summed E-state index contributed by atoms with van der Waals surface area (Å²) in [4.78, 5) is 4.30. The second-order valence-electron chi connectivity index (χ2n) is 2.39. The number of nitrogens with zero attached hydrogens (tertiary/aromatic N) is 1. The van der Waals surface area contributed by atoms with Crippen LogP contribution in [-0.4, -0.2) is 11.2 Å². The van der Waals surface area contributed by atoms with E-state index in [1.54, 1.807) is 0 Å². The third-order valence-corrected chi connectivity index (χ3v) is 2.82. The Bertz CT molecular complexity index is 194. The normalized spacial score (nSPS) is 12.9. The molecule has 0 saturated heterocycles. The van der Waals surface area contributed by atoms with E-state index in [0.29, 0.717) is 5.25 Å². The lowest BCUT2D eigenvalue weighted by molar-refractivity contribution is 0.860. The third kappa shape index (κ3) is 2.22. The molecule has 0 radical (unpaired) electrons. The highest BCUT2D eigenvalue weighted by molar-refractivity contribution is 7.98. The molecule has 1 rings (SSSR count). The SMILES string of the molecule is CCC(SC)c1ccccn1. The van der Waals surface area contributed by atoms with Gasteiger partial charge in [-0.05, 0) is 24.8 Å². The first-order chi connectivity index (χ1) is 5.38. The molecule has 0 spiro atoms. The van der Waals surface area contributed by atoms with Gasteiger partial charge in [0.15, 0.2) is 0 Å². The van der Waals surface area contributed by atoms with Crippen LogP contribution < -0.4 is 0 Å². The van der Waals surface area contributed by atoms with Crippen molar-refractivity contribution in [2.45, 2.75) is 18.6 Å². The van der Waals surface area contributed by atoms with Crippen LogP contribution >= 0.6 is 11.8 Å². The standard InChI is InChI=1S/C9H13NS/c1-3-9(11-2)8-6-4-5-7-10-8/h4-7,9H,3H2,1-2H3. The Balaban J connectivity index is 2.74. The summed E-state index contributed by atoms with van der Waals surface area (Å²) in [6.45, 7) is 2.19. The topological polar surface area (TPSA) is 12.9 Å². The molecule has 60 valence electrons. The number of rotatable bonds is 3. The summed E-state index contributed by atoms with van der Waals surface area (Å²) in [5.41, 5.74) is 1.20. The Hall–Kier alpha value is -0.500. The van der Waals surface area contributed by atoms with Crippen molar-refractivity contribution >= 4 is 11.8 Å². The minimum atomic E-state index is 0.566. The molecule has 0 aliphatic rings. The average molecular weight is 167 g/mol. The molecule has 1 atom stereocenters. The summed E-state index contributed by atoms with van der Waals surface area (Å²) < 4.78 is 0. The molecule has 0 aliphatic carbocycles. The zero-order chi connectivity index (χ0) is 8.10. The molecular formula is C9H13NS. The van der Waals surface area contributed by atoms with Gasteiger partial charge in [-0.25, -0.2) is 0 Å². The fraction of sp³-hybridized carbons (Fsp3) is 0.444. The molecule has 0 amide bonds. The van der Waals surface area contributed by atoms with Crippen LogP contribution in [-0.2, 0) is 0 Å². The highest BCUT2D eigenvalue weighted by Crippen LogP contribution is 2.27. The second-order valence-corrected chi connectivity index (χ2v) is 3.43. The van der Waals surface area contributed by atoms with E-state index < -0.39 is 0 Å². The number of pyridine rings is 1. The van der Waals surface area contributed by atoms with Crippen molar-refractivity contribution in [3.05, 3.63) is 30.1 Å². The second kappa shape index (κ2) is 4.39. The van der Waals surface area contributed by atoms with E-state index in [-0.39, 0.29) is 0 Å². The maximum Gasteiger partial charge on any atom is 0.0533 e. The predicted octanol–water partition coefficient (Wildman–Crippen LogP) is 2.90. The van der Waals surface area contributed by atoms with Gasteiger partial charge in [-0.1, -0.05) is 13.0 Å². The van der Waals surface area contributed by atoms with Gasteiger partial charge in [0.2, 0.25) is 0 Å². The quantitative estimate of drug-likeness (QED) is 0.686. The number of thioether (sulfide) groups is 1. The molecule has 1 heterocycles. The highest BCUT2D eigenvalue weighted by Gasteiger charge is 2.06. The molecule has 0 fully saturated rings. The van der Waals surface area contributed by atoms with Gasteiger partial charge in [0.25, 0.3) is 0 Å². The Morgan fingerprint density at radius 1 is 1.55 bits per heavy atom. The van der Waals surface area contributed by atoms with Crippen molar-refractivity contribution in [2.75, 3.05) is 6.26 Å². The molecule has 1 aromatic heterocycles. The van der Waals surface area contributed by atoms with E-state index in [2.05, 4.69) is 24.2 Å². The van der Waals surface area contributed by atoms with E-state index in [4.69, 9.17) is 0 Å². The summed E-state index contributed by atoms with van der Waals surface area (Å²) in [5.74, 6) is 0. The third-order valence-electron chi connectivity index (χ3n) is 1.67. The van der Waals surface area contributed by atoms with Crippen LogP contribution in [0.2, 0.25) is 0 Å². The summed E-state index contributed by atoms with van der Waals surface area (Å²) >= 11 is 1.86. The maximum atomic E-state index is 4.30. The van der Waals surface area contributed by atoms with Crippen molar-refractivity contribution in [3.63, 3.8) is 0 Å². The smallest absolute Gasteiger partial charge is 0.0533 e. The van der Waals surface area contributed by atoms with Crippen LogP contribution in [0.15, 0.2) is 24.4 Å². The molecule has 0 aliphatic heterocycles. The average Bonchev–Trinajstić information content (AvgIpc) is 2.09. The number of hydrogen-bond donors (Lipinski definition) is 0. The van der Waals surface area contributed by atoms with Crippen LogP contribution in [0.1, 0.15) is 24.3 Å². The van der Waals surface area contributed by atoms with Crippen LogP contribution in [0, 0.1) is 0 Å². The van der Waals surface area contributed by atoms with E-state index in [9.17, 15) is 0 Å². The van der Waals surface area contributed by atoms with Gasteiger partial charge in [0.1, 0.15) is 0 Å². The minimum Gasteiger partial charge on any atom is -0.260 e. The van der Waals surface area contributed by atoms with Gasteiger partial charge < -0.3 is 0 Å². The number of aromatic nitrogens is 1. The van der Waals surface area contributed by atoms with Crippen LogP contribution in [0.5, 0.6) is 0 Å². The van der Waals surface area contributed by atoms with Gasteiger partial charge >= 0.3 is 0 Å². The molecule has 0 bridgehead atoms. The fourth-order valence-electron chi connectivity index (χ4n) is 1.06. The highest BCUT2D eigenvalue weighted by atomic mass is 32.2. The molecule has 0 N–H and O–H groups in total. The Morgan fingerprint density at radius 3 is 2.82 bits per heavy atom. The lowest BCUT2D eigenvalue weighted by Gasteiger charge is -2.09. The number of hydrogen-bond acceptors (Lipinski definition) is 2. The molecule has 1 aromatic rings. The lowest BCUT2D eigenvalue weighted by Crippen LogP contribution is -1.93. The van der Waals surface area contributed by atoms with Crippen molar-refractivity contribution in [3.8, 4) is 0 Å². The van der Waals surface area contributed by atoms with Gasteiger partial charge in [-0.2, -0.15) is 11.8 Å². The van der Waals surface area contributed by atoms with E-state index in [0.717, 1.165) is 6.42 Å². The molecule has 0 saturated carbocycles. The maximum absolute atomic E-state index is 4.30. The van der Waals surface area contributed by atoms with Gasteiger partial charge in [-0.15, -0.1) is 0 Å². The minimum absolute atomic E-state index is 0.566. The van der Waals surface area contributed by atoms with E-state index in [1.807, 2.05) is 30.1 Å². The van der Waals surface area contributed by atoms with Crippen molar-refractivity contribution in [1.82, 2.24) is 4.98 Å². The summed E-state index contributed by atoms with van der Waals surface area (Å²) in [6, 6.07) is 6.09. The van der Waals surface area contributed by atoms with Crippen molar-refractivity contribution in [1.29, 1.82) is 0 Å². The van der Waals surface area contributed by atoms with Crippen molar-refractivity contribution in [2.24, 2.45) is 0 Å². The summed E-state index contributed by atoms with van der Waals surface area (Å²) in [5, 5.41) is 0.566. The Labute approximate surface area is 72.2 Å². The first kappa shape index (κ1) is 8.60. The Morgan fingerprint density at radius 2 is 2.36 bits per heavy atom. The van der Waals surface area contributed by atoms with E-state index >= 15 is 0 Å². The molecule has 11 heavy (non-hydrogen) atoms. The van der Waals surface area contributed by atoms with Gasteiger partial charge in [-0.3, -0.25) is 4.98 Å². The zero-order valence-electron chi connectivity index (χ0n) is 6.95. The van der Waals surface area contributed by atoms with E-state index in [1.165, 1.54) is 5.69 Å². The summed E-state index contributed by atoms with van der Waals surface area (Å²) in [6.07, 6.45) is 5.13. The van der Waals surface area contributed by atoms with Gasteiger partial charge in [0, 0.05) is 11.4 Å². The van der Waals surface area contributed by atoms with Crippen LogP contribution in [0.4, 0.5) is 0 Å². The molecular weight excluding hydrogens is 154 g/mol. The largest absolute Gasteiger partial charge is 0.260 e. The van der Waals surface area contributed by atoms with Crippen LogP contribution in [0.25, 0.3) is 0 Å². The van der Waals surface area contributed by atoms with Gasteiger partial charge in [0.05, 0.1) is 5.69 Å². The molecule has 2 heteroatoms. The monoisotopic (exact) mass is 167 g/mol. The molecule has 1 unspecified atom stereocenters. The lowest BCUT2D eigenvalue weighted by atomic mass is 10.2. The molecule has 1 nitrogen and oxygen atoms in total.